The molecule has 1 aromatic rings. The minimum atomic E-state index is -3.26. The molecule has 0 aliphatic heterocycles. The number of anilines is 1. The summed E-state index contributed by atoms with van der Waals surface area (Å²) in [5.41, 5.74) is 7.59. The second kappa shape index (κ2) is 6.56. The highest BCUT2D eigenvalue weighted by molar-refractivity contribution is 7.92. The third-order valence-corrected chi connectivity index (χ3v) is 3.35. The summed E-state index contributed by atoms with van der Waals surface area (Å²) in [5, 5.41) is 0. The van der Waals surface area contributed by atoms with Crippen molar-refractivity contribution in [3.63, 3.8) is 0 Å². The average molecular weight is 259 g/mol. The molecule has 0 aliphatic rings. The zero-order valence-electron chi connectivity index (χ0n) is 11.1. The first kappa shape index (κ1) is 15.9. The summed E-state index contributed by atoms with van der Waals surface area (Å²) in [4.78, 5) is 4.07. The minimum absolute atomic E-state index is 0.266. The lowest BCUT2D eigenvalue weighted by atomic mass is 10.2. The van der Waals surface area contributed by atoms with Crippen LogP contribution in [0.1, 0.15) is 25.1 Å². The van der Waals surface area contributed by atoms with Crippen molar-refractivity contribution in [1.82, 2.24) is 4.98 Å². The maximum Gasteiger partial charge on any atom is 0.232 e. The first-order valence-electron chi connectivity index (χ1n) is 5.45. The van der Waals surface area contributed by atoms with Gasteiger partial charge in [-0.15, -0.1) is 0 Å². The average Bonchev–Trinajstić information content (AvgIpc) is 2.29. The molecular formula is C11H21N3O2S. The lowest BCUT2D eigenvalue weighted by Gasteiger charge is -2.19. The van der Waals surface area contributed by atoms with Crippen LogP contribution in [0.4, 0.5) is 5.69 Å². The van der Waals surface area contributed by atoms with E-state index in [9.17, 15) is 8.42 Å². The molecule has 0 fully saturated rings. The van der Waals surface area contributed by atoms with E-state index >= 15 is 0 Å². The number of aromatic nitrogens is 1. The molecule has 2 N–H and O–H groups in total. The fourth-order valence-electron chi connectivity index (χ4n) is 1.20. The summed E-state index contributed by atoms with van der Waals surface area (Å²) in [6.07, 6.45) is 2.76. The normalized spacial score (nSPS) is 10.5. The van der Waals surface area contributed by atoms with Gasteiger partial charge in [0.25, 0.3) is 0 Å². The highest BCUT2D eigenvalue weighted by Gasteiger charge is 2.15. The van der Waals surface area contributed by atoms with Crippen molar-refractivity contribution in [2.75, 3.05) is 17.6 Å². The van der Waals surface area contributed by atoms with Crippen LogP contribution in [-0.2, 0) is 16.6 Å². The van der Waals surface area contributed by atoms with Gasteiger partial charge < -0.3 is 5.73 Å². The molecule has 0 aromatic carbocycles. The SMILES string of the molecule is CC.Cc1cc(N(C)S(C)(=O)=O)c(CN)cn1. The number of pyridine rings is 1. The summed E-state index contributed by atoms with van der Waals surface area (Å²) in [6, 6.07) is 1.71. The maximum atomic E-state index is 11.4. The van der Waals surface area contributed by atoms with Gasteiger partial charge in [-0.25, -0.2) is 8.42 Å². The largest absolute Gasteiger partial charge is 0.326 e. The Hall–Kier alpha value is -1.14. The highest BCUT2D eigenvalue weighted by Crippen LogP contribution is 2.21. The van der Waals surface area contributed by atoms with E-state index in [2.05, 4.69) is 4.98 Å². The molecular weight excluding hydrogens is 238 g/mol. The van der Waals surface area contributed by atoms with Gasteiger partial charge in [-0.05, 0) is 13.0 Å². The van der Waals surface area contributed by atoms with Crippen molar-refractivity contribution in [1.29, 1.82) is 0 Å². The molecule has 17 heavy (non-hydrogen) atoms. The van der Waals surface area contributed by atoms with Crippen molar-refractivity contribution in [3.05, 3.63) is 23.5 Å². The first-order chi connectivity index (χ1) is 7.86. The summed E-state index contributed by atoms with van der Waals surface area (Å²) in [5.74, 6) is 0. The van der Waals surface area contributed by atoms with Crippen LogP contribution in [0.5, 0.6) is 0 Å². The Morgan fingerprint density at radius 3 is 2.35 bits per heavy atom. The van der Waals surface area contributed by atoms with Crippen molar-refractivity contribution in [3.8, 4) is 0 Å². The Morgan fingerprint density at radius 1 is 1.41 bits per heavy atom. The predicted octanol–water partition coefficient (Wildman–Crippen LogP) is 1.27. The molecule has 5 nitrogen and oxygen atoms in total. The van der Waals surface area contributed by atoms with Gasteiger partial charge >= 0.3 is 0 Å². The quantitative estimate of drug-likeness (QED) is 0.887. The van der Waals surface area contributed by atoms with Gasteiger partial charge in [0.15, 0.2) is 0 Å². The molecule has 0 radical (unpaired) electrons. The van der Waals surface area contributed by atoms with Gasteiger partial charge in [-0.3, -0.25) is 9.29 Å². The highest BCUT2D eigenvalue weighted by atomic mass is 32.2. The van der Waals surface area contributed by atoms with Crippen molar-refractivity contribution < 1.29 is 8.42 Å². The van der Waals surface area contributed by atoms with Gasteiger partial charge in [-0.2, -0.15) is 0 Å². The first-order valence-corrected chi connectivity index (χ1v) is 7.30. The van der Waals surface area contributed by atoms with E-state index in [1.807, 2.05) is 13.8 Å². The van der Waals surface area contributed by atoms with Gasteiger partial charge in [0.2, 0.25) is 10.0 Å². The van der Waals surface area contributed by atoms with E-state index in [1.54, 1.807) is 19.2 Å². The van der Waals surface area contributed by atoms with Crippen LogP contribution in [0.25, 0.3) is 0 Å². The molecule has 0 atom stereocenters. The molecule has 0 aliphatic carbocycles. The lowest BCUT2D eigenvalue weighted by Crippen LogP contribution is -2.26. The van der Waals surface area contributed by atoms with Crippen molar-refractivity contribution >= 4 is 15.7 Å². The van der Waals surface area contributed by atoms with Gasteiger partial charge in [0.1, 0.15) is 0 Å². The second-order valence-electron chi connectivity index (χ2n) is 3.39. The molecule has 0 saturated carbocycles. The Bertz CT molecular complexity index is 458. The maximum absolute atomic E-state index is 11.4. The number of sulfonamides is 1. The van der Waals surface area contributed by atoms with Crippen molar-refractivity contribution in [2.45, 2.75) is 27.3 Å². The third kappa shape index (κ3) is 4.32. The Labute approximate surface area is 104 Å². The van der Waals surface area contributed by atoms with Crippen LogP contribution < -0.4 is 10.0 Å². The van der Waals surface area contributed by atoms with Gasteiger partial charge in [0.05, 0.1) is 11.9 Å². The van der Waals surface area contributed by atoms with Crippen LogP contribution in [0, 0.1) is 6.92 Å². The van der Waals surface area contributed by atoms with E-state index < -0.39 is 10.0 Å². The molecule has 0 unspecified atom stereocenters. The Morgan fingerprint density at radius 2 is 1.94 bits per heavy atom. The minimum Gasteiger partial charge on any atom is -0.326 e. The van der Waals surface area contributed by atoms with Gasteiger partial charge in [0, 0.05) is 31.0 Å². The number of hydrogen-bond donors (Lipinski definition) is 1. The molecule has 1 heterocycles. The van der Waals surface area contributed by atoms with E-state index in [0.717, 1.165) is 11.9 Å². The smallest absolute Gasteiger partial charge is 0.232 e. The zero-order valence-corrected chi connectivity index (χ0v) is 11.9. The number of nitrogens with two attached hydrogens (primary N) is 1. The molecule has 0 amide bonds. The molecule has 0 bridgehead atoms. The second-order valence-corrected chi connectivity index (χ2v) is 5.40. The molecule has 1 rings (SSSR count). The van der Waals surface area contributed by atoms with E-state index in [0.29, 0.717) is 11.3 Å². The number of aryl methyl sites for hydroxylation is 1. The lowest BCUT2D eigenvalue weighted by molar-refractivity contribution is 0.600. The van der Waals surface area contributed by atoms with Crippen molar-refractivity contribution in [2.24, 2.45) is 5.73 Å². The molecule has 1 aromatic heterocycles. The van der Waals surface area contributed by atoms with Crippen LogP contribution in [0.3, 0.4) is 0 Å². The van der Waals surface area contributed by atoms with Crippen LogP contribution >= 0.6 is 0 Å². The van der Waals surface area contributed by atoms with E-state index in [-0.39, 0.29) is 6.54 Å². The number of hydrogen-bond acceptors (Lipinski definition) is 4. The topological polar surface area (TPSA) is 76.3 Å². The predicted molar refractivity (Wildman–Crippen MR) is 71.5 cm³/mol. The Kier molecular flexibility index (Phi) is 6.12. The molecule has 0 spiro atoms. The fraction of sp³-hybridized carbons (Fsp3) is 0.545. The summed E-state index contributed by atoms with van der Waals surface area (Å²) in [7, 11) is -1.75. The van der Waals surface area contributed by atoms with Crippen LogP contribution in [0.15, 0.2) is 12.3 Å². The summed E-state index contributed by atoms with van der Waals surface area (Å²) < 4.78 is 24.0. The van der Waals surface area contributed by atoms with Crippen LogP contribution in [0.2, 0.25) is 0 Å². The zero-order chi connectivity index (χ0) is 13.6. The molecule has 98 valence electrons. The number of rotatable bonds is 3. The summed E-state index contributed by atoms with van der Waals surface area (Å²) in [6.45, 7) is 6.07. The number of nitrogens with zero attached hydrogens (tertiary/aromatic N) is 2. The van der Waals surface area contributed by atoms with Gasteiger partial charge in [-0.1, -0.05) is 13.8 Å². The summed E-state index contributed by atoms with van der Waals surface area (Å²) >= 11 is 0. The van der Waals surface area contributed by atoms with E-state index in [4.69, 9.17) is 5.73 Å². The fourth-order valence-corrected chi connectivity index (χ4v) is 1.73. The van der Waals surface area contributed by atoms with Crippen LogP contribution in [-0.4, -0.2) is 26.7 Å². The third-order valence-electron chi connectivity index (χ3n) is 2.16. The Balaban J connectivity index is 0.00000121. The molecule has 0 saturated heterocycles. The molecule has 6 heteroatoms. The monoisotopic (exact) mass is 259 g/mol. The standard InChI is InChI=1S/C9H15N3O2S.C2H6/c1-7-4-9(8(5-10)6-11-7)12(2)15(3,13)14;1-2/h4,6H,5,10H2,1-3H3;1-2H3. The van der Waals surface area contributed by atoms with E-state index in [1.165, 1.54) is 11.4 Å².